The monoisotopic (exact) mass is 511 g/mol. The van der Waals surface area contributed by atoms with Crippen molar-refractivity contribution in [3.8, 4) is 23.7 Å². The Bertz CT molecular complexity index is 839. The number of halogens is 1. The van der Waals surface area contributed by atoms with Gasteiger partial charge in [0.1, 0.15) is 0 Å². The summed E-state index contributed by atoms with van der Waals surface area (Å²) in [4.78, 5) is 23.1. The molecule has 1 aromatic carbocycles. The van der Waals surface area contributed by atoms with E-state index in [9.17, 15) is 9.59 Å². The number of rotatable bonds is 20. The van der Waals surface area contributed by atoms with E-state index in [0.29, 0.717) is 17.7 Å². The van der Waals surface area contributed by atoms with Crippen LogP contribution in [0.15, 0.2) is 24.3 Å². The summed E-state index contributed by atoms with van der Waals surface area (Å²) in [6.07, 6.45) is 22.6. The maximum Gasteiger partial charge on any atom is 0.252 e. The molecule has 1 aromatic rings. The van der Waals surface area contributed by atoms with Crippen molar-refractivity contribution < 1.29 is 9.59 Å². The van der Waals surface area contributed by atoms with Gasteiger partial charge in [-0.25, -0.2) is 0 Å². The SMILES string of the molecule is CCCCCCCCCCCCC#CC#CCCCCCCCCC(=O)Nc1ccc(C(=O)Cl)cc1. The molecule has 0 saturated carbocycles. The van der Waals surface area contributed by atoms with E-state index in [1.165, 1.54) is 77.0 Å². The molecule has 0 aliphatic carbocycles. The molecular weight excluding hydrogens is 466 g/mol. The van der Waals surface area contributed by atoms with E-state index in [1.54, 1.807) is 24.3 Å². The second kappa shape index (κ2) is 23.2. The lowest BCUT2D eigenvalue weighted by Gasteiger charge is -2.05. The van der Waals surface area contributed by atoms with Gasteiger partial charge in [-0.15, -0.1) is 0 Å². The minimum Gasteiger partial charge on any atom is -0.326 e. The van der Waals surface area contributed by atoms with Crippen LogP contribution in [0.2, 0.25) is 0 Å². The van der Waals surface area contributed by atoms with Gasteiger partial charge in [0.15, 0.2) is 0 Å². The fourth-order valence-corrected chi connectivity index (χ4v) is 4.15. The summed E-state index contributed by atoms with van der Waals surface area (Å²) in [5.41, 5.74) is 1.11. The van der Waals surface area contributed by atoms with Gasteiger partial charge in [0.2, 0.25) is 5.91 Å². The first-order valence-corrected chi connectivity index (χ1v) is 14.6. The number of carbonyl (C=O) groups is 2. The topological polar surface area (TPSA) is 46.2 Å². The van der Waals surface area contributed by atoms with Crippen molar-refractivity contribution >= 4 is 28.4 Å². The molecule has 0 aliphatic rings. The smallest absolute Gasteiger partial charge is 0.252 e. The van der Waals surface area contributed by atoms with Gasteiger partial charge in [-0.2, -0.15) is 0 Å². The molecule has 0 fully saturated rings. The zero-order valence-corrected chi connectivity index (χ0v) is 23.2. The van der Waals surface area contributed by atoms with E-state index in [1.807, 2.05) is 0 Å². The van der Waals surface area contributed by atoms with Crippen LogP contribution in [0.3, 0.4) is 0 Å². The number of hydrogen-bond donors (Lipinski definition) is 1. The van der Waals surface area contributed by atoms with Crippen molar-refractivity contribution in [1.82, 2.24) is 0 Å². The third kappa shape index (κ3) is 19.0. The average molecular weight is 512 g/mol. The van der Waals surface area contributed by atoms with Crippen molar-refractivity contribution in [3.63, 3.8) is 0 Å². The van der Waals surface area contributed by atoms with Crippen LogP contribution in [-0.4, -0.2) is 11.1 Å². The molecule has 0 unspecified atom stereocenters. The second-order valence-corrected chi connectivity index (χ2v) is 9.90. The minimum absolute atomic E-state index is 0.00417. The van der Waals surface area contributed by atoms with Gasteiger partial charge in [-0.1, -0.05) is 102 Å². The van der Waals surface area contributed by atoms with E-state index in [4.69, 9.17) is 11.6 Å². The number of anilines is 1. The summed E-state index contributed by atoms with van der Waals surface area (Å²) in [5, 5.41) is 2.36. The predicted molar refractivity (Wildman–Crippen MR) is 154 cm³/mol. The van der Waals surface area contributed by atoms with Gasteiger partial charge in [-0.05, 0) is 67.0 Å². The lowest BCUT2D eigenvalue weighted by atomic mass is 10.1. The zero-order valence-electron chi connectivity index (χ0n) is 22.4. The molecule has 3 nitrogen and oxygen atoms in total. The Labute approximate surface area is 225 Å². The predicted octanol–water partition coefficient (Wildman–Crippen LogP) is 9.44. The highest BCUT2D eigenvalue weighted by molar-refractivity contribution is 6.67. The van der Waals surface area contributed by atoms with Crippen molar-refractivity contribution in [3.05, 3.63) is 29.8 Å². The molecule has 36 heavy (non-hydrogen) atoms. The van der Waals surface area contributed by atoms with Crippen LogP contribution in [0.5, 0.6) is 0 Å². The summed E-state index contributed by atoms with van der Waals surface area (Å²) < 4.78 is 0. The molecule has 0 bridgehead atoms. The van der Waals surface area contributed by atoms with Crippen LogP contribution in [0.1, 0.15) is 139 Å². The molecule has 0 spiro atoms. The van der Waals surface area contributed by atoms with Crippen LogP contribution in [-0.2, 0) is 4.79 Å². The first kappa shape index (κ1) is 31.8. The maximum atomic E-state index is 12.0. The van der Waals surface area contributed by atoms with Gasteiger partial charge < -0.3 is 5.32 Å². The summed E-state index contributed by atoms with van der Waals surface area (Å²) in [6, 6.07) is 6.62. The van der Waals surface area contributed by atoms with E-state index >= 15 is 0 Å². The zero-order chi connectivity index (χ0) is 26.1. The number of hydrogen-bond acceptors (Lipinski definition) is 2. The average Bonchev–Trinajstić information content (AvgIpc) is 2.87. The summed E-state index contributed by atoms with van der Waals surface area (Å²) in [5.74, 6) is 12.4. The molecular formula is C32H46ClNO2. The lowest BCUT2D eigenvalue weighted by Crippen LogP contribution is -2.11. The third-order valence-corrected chi connectivity index (χ3v) is 6.46. The molecule has 0 radical (unpaired) electrons. The van der Waals surface area contributed by atoms with Crippen LogP contribution < -0.4 is 5.32 Å². The highest BCUT2D eigenvalue weighted by Gasteiger charge is 2.04. The fourth-order valence-electron chi connectivity index (χ4n) is 4.03. The standard InChI is InChI=1S/C32H46ClNO2/c1-2-3-4-5-6-7-8-9-10-11-12-13-14-15-16-17-18-19-20-21-22-23-24-31(35)34-30-27-25-29(26-28-30)32(33)36/h25-28H,2-12,17-24H2,1H3,(H,34,35). The summed E-state index contributed by atoms with van der Waals surface area (Å²) >= 11 is 5.42. The van der Waals surface area contributed by atoms with E-state index in [0.717, 1.165) is 38.5 Å². The molecule has 0 aliphatic heterocycles. The van der Waals surface area contributed by atoms with Crippen LogP contribution in [0, 0.1) is 23.7 Å². The van der Waals surface area contributed by atoms with Gasteiger partial charge in [0.05, 0.1) is 0 Å². The number of nitrogens with one attached hydrogen (secondary N) is 1. The first-order valence-electron chi connectivity index (χ1n) is 14.2. The van der Waals surface area contributed by atoms with E-state index in [2.05, 4.69) is 35.9 Å². The Morgan fingerprint density at radius 2 is 1.11 bits per heavy atom. The third-order valence-electron chi connectivity index (χ3n) is 6.25. The number of carbonyl (C=O) groups excluding carboxylic acids is 2. The normalized spacial score (nSPS) is 10.2. The van der Waals surface area contributed by atoms with Crippen LogP contribution in [0.4, 0.5) is 5.69 Å². The van der Waals surface area contributed by atoms with Crippen LogP contribution in [0.25, 0.3) is 0 Å². The Balaban J connectivity index is 1.88. The van der Waals surface area contributed by atoms with Crippen molar-refractivity contribution in [2.24, 2.45) is 0 Å². The number of unbranched alkanes of at least 4 members (excludes halogenated alkanes) is 16. The molecule has 1 amide bonds. The quantitative estimate of drug-likeness (QED) is 0.108. The van der Waals surface area contributed by atoms with Crippen molar-refractivity contribution in [2.75, 3.05) is 5.32 Å². The van der Waals surface area contributed by atoms with Gasteiger partial charge in [0.25, 0.3) is 5.24 Å². The summed E-state index contributed by atoms with van der Waals surface area (Å²) in [7, 11) is 0. The molecule has 4 heteroatoms. The second-order valence-electron chi connectivity index (χ2n) is 9.56. The molecule has 1 N–H and O–H groups in total. The minimum atomic E-state index is -0.497. The van der Waals surface area contributed by atoms with Gasteiger partial charge >= 0.3 is 0 Å². The number of benzene rings is 1. The van der Waals surface area contributed by atoms with Crippen LogP contribution >= 0.6 is 11.6 Å². The highest BCUT2D eigenvalue weighted by Crippen LogP contribution is 2.14. The Morgan fingerprint density at radius 1 is 0.667 bits per heavy atom. The van der Waals surface area contributed by atoms with Crippen molar-refractivity contribution in [1.29, 1.82) is 0 Å². The Morgan fingerprint density at radius 3 is 1.58 bits per heavy atom. The van der Waals surface area contributed by atoms with Gasteiger partial charge in [-0.3, -0.25) is 9.59 Å². The largest absolute Gasteiger partial charge is 0.326 e. The summed E-state index contributed by atoms with van der Waals surface area (Å²) in [6.45, 7) is 2.27. The maximum absolute atomic E-state index is 12.0. The highest BCUT2D eigenvalue weighted by atomic mass is 35.5. The van der Waals surface area contributed by atoms with E-state index in [-0.39, 0.29) is 5.91 Å². The molecule has 0 aromatic heterocycles. The Kier molecular flexibility index (Phi) is 20.5. The molecule has 0 heterocycles. The Hall–Kier alpha value is -2.23. The van der Waals surface area contributed by atoms with Crippen molar-refractivity contribution in [2.45, 2.75) is 129 Å². The van der Waals surface area contributed by atoms with Gasteiger partial charge in [0, 0.05) is 30.5 Å². The van der Waals surface area contributed by atoms with E-state index < -0.39 is 5.24 Å². The number of amides is 1. The molecule has 0 atom stereocenters. The molecule has 1 rings (SSSR count). The molecule has 198 valence electrons. The lowest BCUT2D eigenvalue weighted by molar-refractivity contribution is -0.116. The molecule has 0 saturated heterocycles. The first-order chi connectivity index (χ1) is 17.6. The fraction of sp³-hybridized carbons (Fsp3) is 0.625.